The molecular formula is C11H21N. The molecule has 0 unspecified atom stereocenters. The normalized spacial score (nSPS) is 47.2. The standard InChI is InChI=1S/C11H21N/c1-4-8-6-11-9(5-2)7-10(8)12(11)3/h8-11H,4-7H2,1-3H3/t8-,9-,10+,11+/m0/s1. The molecule has 1 heteroatoms. The Labute approximate surface area is 76.1 Å². The van der Waals surface area contributed by atoms with Gasteiger partial charge in [-0.1, -0.05) is 26.7 Å². The van der Waals surface area contributed by atoms with E-state index in [1.165, 1.54) is 25.7 Å². The van der Waals surface area contributed by atoms with Gasteiger partial charge < -0.3 is 0 Å². The van der Waals surface area contributed by atoms with Crippen LogP contribution in [0.1, 0.15) is 39.5 Å². The summed E-state index contributed by atoms with van der Waals surface area (Å²) in [5.41, 5.74) is 0. The van der Waals surface area contributed by atoms with Gasteiger partial charge in [0.25, 0.3) is 0 Å². The molecule has 2 bridgehead atoms. The molecule has 0 radical (unpaired) electrons. The minimum absolute atomic E-state index is 0.935. The number of hydrogen-bond donors (Lipinski definition) is 0. The van der Waals surface area contributed by atoms with E-state index in [4.69, 9.17) is 0 Å². The summed E-state index contributed by atoms with van der Waals surface area (Å²) in [6.45, 7) is 4.69. The minimum Gasteiger partial charge on any atom is -0.300 e. The van der Waals surface area contributed by atoms with Crippen LogP contribution in [-0.4, -0.2) is 24.0 Å². The molecule has 0 amide bonds. The van der Waals surface area contributed by atoms with E-state index < -0.39 is 0 Å². The highest BCUT2D eigenvalue weighted by Gasteiger charge is 2.47. The molecule has 70 valence electrons. The van der Waals surface area contributed by atoms with E-state index in [-0.39, 0.29) is 0 Å². The van der Waals surface area contributed by atoms with Crippen LogP contribution in [0.25, 0.3) is 0 Å². The van der Waals surface area contributed by atoms with Gasteiger partial charge in [0.1, 0.15) is 0 Å². The van der Waals surface area contributed by atoms with Gasteiger partial charge in [-0.2, -0.15) is 0 Å². The van der Waals surface area contributed by atoms with Crippen LogP contribution in [0, 0.1) is 11.8 Å². The Hall–Kier alpha value is -0.0400. The molecule has 2 aliphatic rings. The lowest BCUT2D eigenvalue weighted by Gasteiger charge is -2.23. The van der Waals surface area contributed by atoms with Crippen LogP contribution >= 0.6 is 0 Å². The lowest BCUT2D eigenvalue weighted by Crippen LogP contribution is -2.25. The third kappa shape index (κ3) is 1.02. The third-order valence-corrected chi connectivity index (χ3v) is 4.27. The Morgan fingerprint density at radius 3 is 1.67 bits per heavy atom. The number of hydrogen-bond acceptors (Lipinski definition) is 1. The van der Waals surface area contributed by atoms with Crippen molar-refractivity contribution in [1.82, 2.24) is 4.90 Å². The Bertz CT molecular complexity index is 148. The second-order valence-electron chi connectivity index (χ2n) is 4.61. The molecule has 0 aromatic heterocycles. The fourth-order valence-corrected chi connectivity index (χ4v) is 3.44. The quantitative estimate of drug-likeness (QED) is 0.611. The van der Waals surface area contributed by atoms with E-state index in [1.54, 1.807) is 0 Å². The van der Waals surface area contributed by atoms with Crippen LogP contribution < -0.4 is 0 Å². The molecule has 2 heterocycles. The first-order chi connectivity index (χ1) is 5.77. The van der Waals surface area contributed by atoms with Crippen molar-refractivity contribution in [1.29, 1.82) is 0 Å². The summed E-state index contributed by atoms with van der Waals surface area (Å²) >= 11 is 0. The maximum absolute atomic E-state index is 2.66. The van der Waals surface area contributed by atoms with Crippen LogP contribution in [0.3, 0.4) is 0 Å². The van der Waals surface area contributed by atoms with Crippen molar-refractivity contribution < 1.29 is 0 Å². The molecule has 1 nitrogen and oxygen atoms in total. The van der Waals surface area contributed by atoms with E-state index >= 15 is 0 Å². The maximum Gasteiger partial charge on any atom is 0.0127 e. The van der Waals surface area contributed by atoms with Gasteiger partial charge in [0.2, 0.25) is 0 Å². The highest BCUT2D eigenvalue weighted by atomic mass is 15.2. The maximum atomic E-state index is 2.66. The van der Waals surface area contributed by atoms with E-state index in [9.17, 15) is 0 Å². The van der Waals surface area contributed by atoms with Gasteiger partial charge in [-0.25, -0.2) is 0 Å². The Balaban J connectivity index is 2.07. The van der Waals surface area contributed by atoms with Crippen LogP contribution in [-0.2, 0) is 0 Å². The van der Waals surface area contributed by atoms with Crippen LogP contribution in [0.15, 0.2) is 0 Å². The molecule has 2 saturated heterocycles. The molecule has 0 aromatic rings. The molecule has 2 rings (SSSR count). The summed E-state index contributed by atoms with van der Waals surface area (Å²) in [5.74, 6) is 2.03. The van der Waals surface area contributed by atoms with Gasteiger partial charge in [-0.15, -0.1) is 0 Å². The number of fused-ring (bicyclic) bond motifs is 2. The van der Waals surface area contributed by atoms with Crippen molar-refractivity contribution in [3.8, 4) is 0 Å². The van der Waals surface area contributed by atoms with Crippen molar-refractivity contribution in [2.45, 2.75) is 51.6 Å². The van der Waals surface area contributed by atoms with E-state index in [0.717, 1.165) is 23.9 Å². The molecular weight excluding hydrogens is 146 g/mol. The molecule has 0 N–H and O–H groups in total. The first kappa shape index (κ1) is 8.55. The smallest absolute Gasteiger partial charge is 0.0127 e. The third-order valence-electron chi connectivity index (χ3n) is 4.27. The van der Waals surface area contributed by atoms with Gasteiger partial charge in [0.15, 0.2) is 0 Å². The predicted molar refractivity (Wildman–Crippen MR) is 52.1 cm³/mol. The van der Waals surface area contributed by atoms with Crippen molar-refractivity contribution in [3.63, 3.8) is 0 Å². The van der Waals surface area contributed by atoms with Gasteiger partial charge in [0.05, 0.1) is 0 Å². The van der Waals surface area contributed by atoms with E-state index in [0.29, 0.717) is 0 Å². The summed E-state index contributed by atoms with van der Waals surface area (Å²) in [5, 5.41) is 0. The van der Waals surface area contributed by atoms with Crippen molar-refractivity contribution in [3.05, 3.63) is 0 Å². The predicted octanol–water partition coefficient (Wildman–Crippen LogP) is 2.52. The number of nitrogens with zero attached hydrogens (tertiary/aromatic N) is 1. The summed E-state index contributed by atoms with van der Waals surface area (Å²) in [4.78, 5) is 2.66. The molecule has 0 aromatic carbocycles. The monoisotopic (exact) mass is 167 g/mol. The molecule has 2 fully saturated rings. The zero-order valence-corrected chi connectivity index (χ0v) is 8.59. The zero-order valence-electron chi connectivity index (χ0n) is 8.59. The van der Waals surface area contributed by atoms with Crippen LogP contribution in [0.4, 0.5) is 0 Å². The van der Waals surface area contributed by atoms with Crippen LogP contribution in [0.5, 0.6) is 0 Å². The summed E-state index contributed by atoms with van der Waals surface area (Å²) < 4.78 is 0. The Morgan fingerprint density at radius 2 is 1.42 bits per heavy atom. The fraction of sp³-hybridized carbons (Fsp3) is 1.00. The fourth-order valence-electron chi connectivity index (χ4n) is 3.44. The minimum atomic E-state index is 0.935. The van der Waals surface area contributed by atoms with Crippen molar-refractivity contribution >= 4 is 0 Å². The van der Waals surface area contributed by atoms with Gasteiger partial charge >= 0.3 is 0 Å². The molecule has 4 atom stereocenters. The number of rotatable bonds is 2. The summed E-state index contributed by atoms with van der Waals surface area (Å²) in [6.07, 6.45) is 5.75. The SMILES string of the molecule is CC[C@H]1C[C@@H]2[C@@H](CC)C[C@H]1N2C. The second-order valence-corrected chi connectivity index (χ2v) is 4.61. The molecule has 12 heavy (non-hydrogen) atoms. The lowest BCUT2D eigenvalue weighted by atomic mass is 9.80. The topological polar surface area (TPSA) is 3.24 Å². The van der Waals surface area contributed by atoms with Gasteiger partial charge in [-0.3, -0.25) is 4.90 Å². The van der Waals surface area contributed by atoms with Crippen molar-refractivity contribution in [2.24, 2.45) is 11.8 Å². The largest absolute Gasteiger partial charge is 0.300 e. The summed E-state index contributed by atoms with van der Waals surface area (Å²) in [7, 11) is 2.33. The van der Waals surface area contributed by atoms with Crippen LogP contribution in [0.2, 0.25) is 0 Å². The van der Waals surface area contributed by atoms with Gasteiger partial charge in [0, 0.05) is 12.1 Å². The molecule has 0 saturated carbocycles. The lowest BCUT2D eigenvalue weighted by molar-refractivity contribution is 0.282. The molecule has 2 aliphatic heterocycles. The van der Waals surface area contributed by atoms with E-state index in [1.807, 2.05) is 0 Å². The van der Waals surface area contributed by atoms with Crippen molar-refractivity contribution in [2.75, 3.05) is 7.05 Å². The second kappa shape index (κ2) is 3.02. The van der Waals surface area contributed by atoms with Gasteiger partial charge in [-0.05, 0) is 31.7 Å². The molecule has 0 spiro atoms. The Morgan fingerprint density at radius 1 is 1.00 bits per heavy atom. The average Bonchev–Trinajstić information content (AvgIpc) is 2.58. The first-order valence-electron chi connectivity index (χ1n) is 5.49. The highest BCUT2D eigenvalue weighted by Crippen LogP contribution is 2.46. The molecule has 0 aliphatic carbocycles. The first-order valence-corrected chi connectivity index (χ1v) is 5.49. The zero-order chi connectivity index (χ0) is 8.72. The van der Waals surface area contributed by atoms with E-state index in [2.05, 4.69) is 25.8 Å². The highest BCUT2D eigenvalue weighted by molar-refractivity contribution is 5.02. The summed E-state index contributed by atoms with van der Waals surface area (Å²) in [6, 6.07) is 1.87. The average molecular weight is 167 g/mol. The Kier molecular flexibility index (Phi) is 2.16.